The average Bonchev–Trinajstić information content (AvgIpc) is 3.28. The van der Waals surface area contributed by atoms with Gasteiger partial charge in [-0.25, -0.2) is 4.79 Å². The Morgan fingerprint density at radius 3 is 2.70 bits per heavy atom. The Kier molecular flexibility index (Phi) is 4.89. The lowest BCUT2D eigenvalue weighted by Crippen LogP contribution is -2.35. The standard InChI is InChI=1S/C21H25NO5/c1-2-3-4-9-26-20(24)12-5-7-14(8-6-12)22-19(23)17-13-10-15-16(11-13)27-21(25)18(15)17/h5-8,13,15-18H,2-4,9-11H2,1H3,(H,22,23)/t13-,15+,16-,17-,18+/m1/s1. The van der Waals surface area contributed by atoms with Crippen molar-refractivity contribution in [3.05, 3.63) is 29.8 Å². The number of fused-ring (bicyclic) bond motifs is 1. The largest absolute Gasteiger partial charge is 0.462 e. The highest BCUT2D eigenvalue weighted by Crippen LogP contribution is 2.57. The van der Waals surface area contributed by atoms with Crippen LogP contribution in [0.4, 0.5) is 5.69 Å². The molecule has 3 aliphatic rings. The SMILES string of the molecule is CCCCCOC(=O)c1ccc(NC(=O)[C@@H]2[C@@H]3C[C@@H]4[C@@H]2C(=O)O[C@@H]4C3)cc1. The lowest BCUT2D eigenvalue weighted by atomic mass is 9.79. The number of rotatable bonds is 7. The van der Waals surface area contributed by atoms with E-state index in [1.54, 1.807) is 24.3 Å². The van der Waals surface area contributed by atoms with Crippen LogP contribution in [0.3, 0.4) is 0 Å². The zero-order chi connectivity index (χ0) is 19.0. The Bertz CT molecular complexity index is 741. The van der Waals surface area contributed by atoms with Gasteiger partial charge in [0.15, 0.2) is 0 Å². The molecule has 1 aliphatic heterocycles. The van der Waals surface area contributed by atoms with E-state index in [1.165, 1.54) is 0 Å². The molecule has 2 aliphatic carbocycles. The first-order chi connectivity index (χ1) is 13.1. The summed E-state index contributed by atoms with van der Waals surface area (Å²) in [6, 6.07) is 6.70. The summed E-state index contributed by atoms with van der Waals surface area (Å²) in [6.07, 6.45) is 4.71. The minimum Gasteiger partial charge on any atom is -0.462 e. The Balaban J connectivity index is 1.34. The summed E-state index contributed by atoms with van der Waals surface area (Å²) in [4.78, 5) is 36.8. The van der Waals surface area contributed by atoms with Gasteiger partial charge < -0.3 is 14.8 Å². The zero-order valence-electron chi connectivity index (χ0n) is 15.5. The van der Waals surface area contributed by atoms with Crippen molar-refractivity contribution in [1.29, 1.82) is 0 Å². The second-order valence-electron chi connectivity index (χ2n) is 7.83. The summed E-state index contributed by atoms with van der Waals surface area (Å²) in [6.45, 7) is 2.52. The third-order valence-corrected chi connectivity index (χ3v) is 6.16. The van der Waals surface area contributed by atoms with Crippen LogP contribution in [0.2, 0.25) is 0 Å². The van der Waals surface area contributed by atoms with E-state index in [-0.39, 0.29) is 47.6 Å². The highest BCUT2D eigenvalue weighted by atomic mass is 16.6. The first kappa shape index (κ1) is 18.0. The van der Waals surface area contributed by atoms with Crippen LogP contribution in [0.25, 0.3) is 0 Å². The van der Waals surface area contributed by atoms with Gasteiger partial charge in [-0.3, -0.25) is 9.59 Å². The summed E-state index contributed by atoms with van der Waals surface area (Å²) >= 11 is 0. The normalized spacial score (nSPS) is 30.3. The van der Waals surface area contributed by atoms with Gasteiger partial charge in [0.25, 0.3) is 0 Å². The second-order valence-corrected chi connectivity index (χ2v) is 7.83. The summed E-state index contributed by atoms with van der Waals surface area (Å²) in [5, 5.41) is 2.90. The first-order valence-corrected chi connectivity index (χ1v) is 9.87. The molecular weight excluding hydrogens is 346 g/mol. The minimum atomic E-state index is -0.350. The van der Waals surface area contributed by atoms with Crippen molar-refractivity contribution >= 4 is 23.5 Å². The Labute approximate surface area is 158 Å². The molecule has 6 heteroatoms. The summed E-state index contributed by atoms with van der Waals surface area (Å²) in [5.74, 6) is -0.838. The Morgan fingerprint density at radius 1 is 1.19 bits per heavy atom. The molecule has 3 fully saturated rings. The molecule has 5 atom stereocenters. The molecule has 4 rings (SSSR count). The van der Waals surface area contributed by atoms with Crippen LogP contribution in [-0.4, -0.2) is 30.6 Å². The van der Waals surface area contributed by atoms with Crippen LogP contribution in [0.5, 0.6) is 0 Å². The third-order valence-electron chi connectivity index (χ3n) is 6.16. The van der Waals surface area contributed by atoms with E-state index in [9.17, 15) is 14.4 Å². The van der Waals surface area contributed by atoms with E-state index in [4.69, 9.17) is 9.47 Å². The fourth-order valence-corrected chi connectivity index (χ4v) is 4.88. The van der Waals surface area contributed by atoms with Crippen molar-refractivity contribution in [2.45, 2.75) is 45.1 Å². The van der Waals surface area contributed by atoms with Crippen LogP contribution < -0.4 is 5.32 Å². The lowest BCUT2D eigenvalue weighted by molar-refractivity contribution is -0.145. The maximum absolute atomic E-state index is 12.7. The highest BCUT2D eigenvalue weighted by Gasteiger charge is 2.63. The molecule has 1 aromatic rings. The van der Waals surface area contributed by atoms with Crippen LogP contribution in [0.15, 0.2) is 24.3 Å². The monoisotopic (exact) mass is 371 g/mol. The molecule has 0 aromatic heterocycles. The highest BCUT2D eigenvalue weighted by molar-refractivity contribution is 5.97. The van der Waals surface area contributed by atoms with E-state index in [1.807, 2.05) is 0 Å². The first-order valence-electron chi connectivity index (χ1n) is 9.87. The molecule has 1 heterocycles. The van der Waals surface area contributed by atoms with Crippen molar-refractivity contribution in [2.75, 3.05) is 11.9 Å². The van der Waals surface area contributed by atoms with E-state index < -0.39 is 0 Å². The molecule has 0 unspecified atom stereocenters. The molecule has 27 heavy (non-hydrogen) atoms. The molecule has 1 saturated heterocycles. The maximum atomic E-state index is 12.7. The van der Waals surface area contributed by atoms with Crippen molar-refractivity contribution in [1.82, 2.24) is 0 Å². The molecule has 0 radical (unpaired) electrons. The smallest absolute Gasteiger partial charge is 0.338 e. The quantitative estimate of drug-likeness (QED) is 0.588. The number of hydrogen-bond donors (Lipinski definition) is 1. The number of nitrogens with one attached hydrogen (secondary N) is 1. The van der Waals surface area contributed by atoms with Gasteiger partial charge in [0.2, 0.25) is 5.91 Å². The van der Waals surface area contributed by atoms with Gasteiger partial charge in [0, 0.05) is 11.6 Å². The Morgan fingerprint density at radius 2 is 1.96 bits per heavy atom. The van der Waals surface area contributed by atoms with Crippen molar-refractivity contribution in [3.63, 3.8) is 0 Å². The number of ether oxygens (including phenoxy) is 2. The van der Waals surface area contributed by atoms with Crippen LogP contribution in [-0.2, 0) is 19.1 Å². The number of carbonyl (C=O) groups is 3. The van der Waals surface area contributed by atoms with Crippen molar-refractivity contribution < 1.29 is 23.9 Å². The van der Waals surface area contributed by atoms with Crippen molar-refractivity contribution in [3.8, 4) is 0 Å². The third kappa shape index (κ3) is 3.33. The number of benzene rings is 1. The van der Waals surface area contributed by atoms with Gasteiger partial charge in [-0.05, 0) is 49.4 Å². The van der Waals surface area contributed by atoms with Gasteiger partial charge in [0.05, 0.1) is 24.0 Å². The maximum Gasteiger partial charge on any atom is 0.338 e. The number of carbonyl (C=O) groups excluding carboxylic acids is 3. The minimum absolute atomic E-state index is 0.0270. The zero-order valence-corrected chi connectivity index (χ0v) is 15.5. The number of hydrogen-bond acceptors (Lipinski definition) is 5. The molecule has 144 valence electrons. The molecule has 1 amide bonds. The molecule has 0 spiro atoms. The van der Waals surface area contributed by atoms with Gasteiger partial charge in [0.1, 0.15) is 6.10 Å². The summed E-state index contributed by atoms with van der Waals surface area (Å²) in [7, 11) is 0. The molecule has 2 saturated carbocycles. The number of amides is 1. The van der Waals surface area contributed by atoms with Crippen LogP contribution >= 0.6 is 0 Å². The summed E-state index contributed by atoms with van der Waals surface area (Å²) < 4.78 is 10.6. The van der Waals surface area contributed by atoms with Gasteiger partial charge >= 0.3 is 11.9 Å². The van der Waals surface area contributed by atoms with Gasteiger partial charge in [-0.15, -0.1) is 0 Å². The van der Waals surface area contributed by atoms with E-state index in [0.29, 0.717) is 17.9 Å². The molecular formula is C21H25NO5. The lowest BCUT2D eigenvalue weighted by Gasteiger charge is -2.23. The predicted octanol–water partition coefficient (Wildman–Crippen LogP) is 3.17. The molecule has 2 bridgehead atoms. The fraction of sp³-hybridized carbons (Fsp3) is 0.571. The summed E-state index contributed by atoms with van der Waals surface area (Å²) in [5.41, 5.74) is 1.08. The Hall–Kier alpha value is -2.37. The van der Waals surface area contributed by atoms with Crippen molar-refractivity contribution in [2.24, 2.45) is 23.7 Å². The second kappa shape index (κ2) is 7.33. The molecule has 1 aromatic carbocycles. The average molecular weight is 371 g/mol. The van der Waals surface area contributed by atoms with Crippen LogP contribution in [0.1, 0.15) is 49.4 Å². The predicted molar refractivity (Wildman–Crippen MR) is 98.0 cm³/mol. The number of unbranched alkanes of at least 4 members (excludes halogenated alkanes) is 2. The fourth-order valence-electron chi connectivity index (χ4n) is 4.88. The molecule has 1 N–H and O–H groups in total. The van der Waals surface area contributed by atoms with E-state index in [0.717, 1.165) is 32.1 Å². The van der Waals surface area contributed by atoms with E-state index in [2.05, 4.69) is 12.2 Å². The van der Waals surface area contributed by atoms with E-state index >= 15 is 0 Å². The topological polar surface area (TPSA) is 81.7 Å². The van der Waals surface area contributed by atoms with Gasteiger partial charge in [-0.2, -0.15) is 0 Å². The van der Waals surface area contributed by atoms with Gasteiger partial charge in [-0.1, -0.05) is 19.8 Å². The number of anilines is 1. The number of esters is 2. The van der Waals surface area contributed by atoms with Crippen LogP contribution in [0, 0.1) is 23.7 Å². The molecule has 6 nitrogen and oxygen atoms in total.